The second kappa shape index (κ2) is 11.6. The molecule has 2 aromatic rings. The number of carbonyl (C=O) groups excluding carboxylic acids is 2. The lowest BCUT2D eigenvalue weighted by Gasteiger charge is -2.33. The molecule has 6 nitrogen and oxygen atoms in total. The van der Waals surface area contributed by atoms with Crippen LogP contribution >= 0.6 is 23.2 Å². The lowest BCUT2D eigenvalue weighted by molar-refractivity contribution is -0.138. The van der Waals surface area contributed by atoms with Gasteiger partial charge in [-0.15, -0.1) is 0 Å². The molecule has 1 atom stereocenters. The van der Waals surface area contributed by atoms with Gasteiger partial charge in [-0.3, -0.25) is 14.4 Å². The van der Waals surface area contributed by atoms with Crippen molar-refractivity contribution in [2.24, 2.45) is 0 Å². The first-order valence-electron chi connectivity index (χ1n) is 11.0. The second-order valence-corrected chi connectivity index (χ2v) is 9.35. The van der Waals surface area contributed by atoms with Crippen molar-refractivity contribution in [1.29, 1.82) is 0 Å². The molecule has 33 heavy (non-hydrogen) atoms. The number of likely N-dealkylation sites (N-methyl/N-ethyl adjacent to an activating group) is 1. The number of aliphatic carboxylic acids is 1. The molecule has 176 valence electrons. The van der Waals surface area contributed by atoms with Crippen LogP contribution in [0.3, 0.4) is 0 Å². The molecule has 8 heteroatoms. The van der Waals surface area contributed by atoms with Crippen LogP contribution in [0.5, 0.6) is 0 Å². The molecule has 0 radical (unpaired) electrons. The van der Waals surface area contributed by atoms with E-state index in [1.807, 2.05) is 6.07 Å². The SMILES string of the molecule is CN1Cc2c(Cl)cc(Cl)cc2C(c2ccc(CCCC(=O)NCC(=O)CCC(=O)O)cc2)C1. The first-order valence-corrected chi connectivity index (χ1v) is 11.7. The van der Waals surface area contributed by atoms with Crippen molar-refractivity contribution in [3.8, 4) is 0 Å². The fourth-order valence-corrected chi connectivity index (χ4v) is 4.69. The highest BCUT2D eigenvalue weighted by Crippen LogP contribution is 2.38. The van der Waals surface area contributed by atoms with Gasteiger partial charge in [-0.05, 0) is 54.3 Å². The van der Waals surface area contributed by atoms with Crippen molar-refractivity contribution >= 4 is 40.9 Å². The molecule has 0 aliphatic carbocycles. The maximum absolute atomic E-state index is 11.9. The number of halogens is 2. The first kappa shape index (κ1) is 25.2. The summed E-state index contributed by atoms with van der Waals surface area (Å²) < 4.78 is 0. The van der Waals surface area contributed by atoms with Crippen molar-refractivity contribution < 1.29 is 19.5 Å². The van der Waals surface area contributed by atoms with Gasteiger partial charge < -0.3 is 15.3 Å². The lowest BCUT2D eigenvalue weighted by atomic mass is 9.84. The number of carboxylic acid groups (broad SMARTS) is 1. The van der Waals surface area contributed by atoms with E-state index in [2.05, 4.69) is 41.5 Å². The number of nitrogens with one attached hydrogen (secondary N) is 1. The number of nitrogens with zero attached hydrogens (tertiary/aromatic N) is 1. The van der Waals surface area contributed by atoms with Gasteiger partial charge in [0.1, 0.15) is 0 Å². The van der Waals surface area contributed by atoms with Crippen LogP contribution in [0, 0.1) is 0 Å². The summed E-state index contributed by atoms with van der Waals surface area (Å²) in [7, 11) is 2.08. The lowest BCUT2D eigenvalue weighted by Crippen LogP contribution is -2.31. The third kappa shape index (κ3) is 7.29. The standard InChI is InChI=1S/C25H28Cl2N2O4/c1-29-14-21(20-11-18(26)12-23(27)22(20)15-29)17-7-5-16(6-8-17)3-2-4-24(31)28-13-19(30)9-10-25(32)33/h5-8,11-12,21H,2-4,9-10,13-15H2,1H3,(H,28,31)(H,32,33). The number of carbonyl (C=O) groups is 3. The van der Waals surface area contributed by atoms with Gasteiger partial charge in [0.25, 0.3) is 0 Å². The van der Waals surface area contributed by atoms with Crippen LogP contribution in [0.1, 0.15) is 53.9 Å². The number of amides is 1. The topological polar surface area (TPSA) is 86.7 Å². The van der Waals surface area contributed by atoms with Crippen LogP contribution in [-0.4, -0.2) is 47.8 Å². The van der Waals surface area contributed by atoms with E-state index < -0.39 is 5.97 Å². The molecule has 0 aromatic heterocycles. The minimum Gasteiger partial charge on any atom is -0.481 e. The van der Waals surface area contributed by atoms with Gasteiger partial charge in [0.15, 0.2) is 5.78 Å². The van der Waals surface area contributed by atoms with Gasteiger partial charge in [0.05, 0.1) is 13.0 Å². The van der Waals surface area contributed by atoms with Gasteiger partial charge in [0.2, 0.25) is 5.91 Å². The number of fused-ring (bicyclic) bond motifs is 1. The third-order valence-corrected chi connectivity index (χ3v) is 6.40. The Hall–Kier alpha value is -2.41. The highest BCUT2D eigenvalue weighted by molar-refractivity contribution is 6.35. The first-order chi connectivity index (χ1) is 15.7. The van der Waals surface area contributed by atoms with E-state index in [9.17, 15) is 14.4 Å². The quantitative estimate of drug-likeness (QED) is 0.513. The van der Waals surface area contributed by atoms with Crippen LogP contribution in [0.2, 0.25) is 10.0 Å². The van der Waals surface area contributed by atoms with Crippen LogP contribution in [0.4, 0.5) is 0 Å². The van der Waals surface area contributed by atoms with E-state index in [0.717, 1.165) is 30.6 Å². The smallest absolute Gasteiger partial charge is 0.303 e. The van der Waals surface area contributed by atoms with Crippen LogP contribution in [0.15, 0.2) is 36.4 Å². The predicted octanol–water partition coefficient (Wildman–Crippen LogP) is 4.44. The molecule has 0 bridgehead atoms. The average molecular weight is 491 g/mol. The minimum absolute atomic E-state index is 0.0678. The molecule has 2 N–H and O–H groups in total. The summed E-state index contributed by atoms with van der Waals surface area (Å²) in [6.45, 7) is 1.56. The largest absolute Gasteiger partial charge is 0.481 e. The predicted molar refractivity (Wildman–Crippen MR) is 129 cm³/mol. The Morgan fingerprint density at radius 1 is 1.09 bits per heavy atom. The fourth-order valence-electron chi connectivity index (χ4n) is 4.12. The summed E-state index contributed by atoms with van der Waals surface area (Å²) in [4.78, 5) is 36.2. The second-order valence-electron chi connectivity index (χ2n) is 8.51. The van der Waals surface area contributed by atoms with E-state index in [-0.39, 0.29) is 37.0 Å². The molecular weight excluding hydrogens is 463 g/mol. The molecule has 3 rings (SSSR count). The Bertz CT molecular complexity index is 1020. The number of hydrogen-bond donors (Lipinski definition) is 2. The van der Waals surface area contributed by atoms with E-state index in [0.29, 0.717) is 22.9 Å². The summed E-state index contributed by atoms with van der Waals surface area (Å²) in [6.07, 6.45) is 1.44. The molecule has 0 fully saturated rings. The number of aryl methyl sites for hydroxylation is 1. The zero-order valence-electron chi connectivity index (χ0n) is 18.6. The Morgan fingerprint density at radius 2 is 1.82 bits per heavy atom. The maximum Gasteiger partial charge on any atom is 0.303 e. The molecule has 1 aliphatic heterocycles. The summed E-state index contributed by atoms with van der Waals surface area (Å²) in [5, 5.41) is 12.5. The zero-order valence-corrected chi connectivity index (χ0v) is 20.1. The van der Waals surface area contributed by atoms with Crippen molar-refractivity contribution in [2.75, 3.05) is 20.1 Å². The summed E-state index contributed by atoms with van der Waals surface area (Å²) in [5.74, 6) is -1.31. The molecule has 0 saturated carbocycles. The van der Waals surface area contributed by atoms with E-state index in [1.54, 1.807) is 6.07 Å². The number of hydrogen-bond acceptors (Lipinski definition) is 4. The monoisotopic (exact) mass is 490 g/mol. The highest BCUT2D eigenvalue weighted by atomic mass is 35.5. The van der Waals surface area contributed by atoms with Crippen molar-refractivity contribution in [3.63, 3.8) is 0 Å². The average Bonchev–Trinajstić information content (AvgIpc) is 2.77. The van der Waals surface area contributed by atoms with Gasteiger partial charge in [-0.2, -0.15) is 0 Å². The number of benzene rings is 2. The van der Waals surface area contributed by atoms with Crippen molar-refractivity contribution in [3.05, 3.63) is 68.7 Å². The zero-order chi connectivity index (χ0) is 24.0. The third-order valence-electron chi connectivity index (χ3n) is 5.84. The molecule has 1 unspecified atom stereocenters. The Balaban J connectivity index is 1.52. The van der Waals surface area contributed by atoms with Crippen LogP contribution in [0.25, 0.3) is 0 Å². The summed E-state index contributed by atoms with van der Waals surface area (Å²) in [5.41, 5.74) is 4.63. The Labute approximate surface area is 203 Å². The summed E-state index contributed by atoms with van der Waals surface area (Å²) in [6, 6.07) is 12.2. The molecule has 2 aromatic carbocycles. The molecule has 1 heterocycles. The van der Waals surface area contributed by atoms with E-state index >= 15 is 0 Å². The molecule has 0 spiro atoms. The van der Waals surface area contributed by atoms with Crippen molar-refractivity contribution in [1.82, 2.24) is 10.2 Å². The Kier molecular flexibility index (Phi) is 8.89. The Morgan fingerprint density at radius 3 is 2.52 bits per heavy atom. The van der Waals surface area contributed by atoms with Gasteiger partial charge in [0, 0.05) is 41.9 Å². The number of ketones is 1. The maximum atomic E-state index is 11.9. The number of carboxylic acids is 1. The normalized spacial score (nSPS) is 15.7. The minimum atomic E-state index is -1.02. The van der Waals surface area contributed by atoms with Crippen LogP contribution < -0.4 is 5.32 Å². The van der Waals surface area contributed by atoms with Crippen molar-refractivity contribution in [2.45, 2.75) is 44.6 Å². The van der Waals surface area contributed by atoms with E-state index in [4.69, 9.17) is 28.3 Å². The molecule has 1 aliphatic rings. The van der Waals surface area contributed by atoms with E-state index in [1.165, 1.54) is 11.1 Å². The van der Waals surface area contributed by atoms with Gasteiger partial charge in [-0.25, -0.2) is 0 Å². The molecule has 1 amide bonds. The number of rotatable bonds is 10. The van der Waals surface area contributed by atoms with Crippen LogP contribution in [-0.2, 0) is 27.3 Å². The molecule has 0 saturated heterocycles. The van der Waals surface area contributed by atoms with Gasteiger partial charge >= 0.3 is 5.97 Å². The number of Topliss-reactive ketones (excluding diaryl/α,β-unsaturated/α-hetero) is 1. The summed E-state index contributed by atoms with van der Waals surface area (Å²) >= 11 is 12.7. The highest BCUT2D eigenvalue weighted by Gasteiger charge is 2.27. The van der Waals surface area contributed by atoms with Gasteiger partial charge in [-0.1, -0.05) is 47.5 Å². The molecular formula is C25H28Cl2N2O4. The fraction of sp³-hybridized carbons (Fsp3) is 0.400.